The molecule has 1 amide bonds. The van der Waals surface area contributed by atoms with E-state index in [1.54, 1.807) is 25.4 Å². The van der Waals surface area contributed by atoms with E-state index in [1.807, 2.05) is 61.7 Å². The van der Waals surface area contributed by atoms with Gasteiger partial charge in [-0.05, 0) is 62.2 Å². The minimum atomic E-state index is -0.583. The second kappa shape index (κ2) is 8.89. The van der Waals surface area contributed by atoms with Gasteiger partial charge >= 0.3 is 0 Å². The Kier molecular flexibility index (Phi) is 6.31. The molecule has 0 unspecified atom stereocenters. The first kappa shape index (κ1) is 19.9. The van der Waals surface area contributed by atoms with Crippen molar-refractivity contribution in [3.05, 3.63) is 64.7 Å². The van der Waals surface area contributed by atoms with Crippen LogP contribution in [0, 0.1) is 13.8 Å². The maximum absolute atomic E-state index is 12.4. The summed E-state index contributed by atoms with van der Waals surface area (Å²) in [6, 6.07) is 13.6. The molecule has 0 aliphatic carbocycles. The molecule has 0 saturated carbocycles. The highest BCUT2D eigenvalue weighted by Crippen LogP contribution is 2.26. The van der Waals surface area contributed by atoms with Gasteiger partial charge in [0.05, 0.1) is 19.3 Å². The summed E-state index contributed by atoms with van der Waals surface area (Å²) in [7, 11) is 1.64. The Balaban J connectivity index is 1.57. The van der Waals surface area contributed by atoms with Crippen LogP contribution in [0.3, 0.4) is 0 Å². The Morgan fingerprint density at radius 3 is 2.64 bits per heavy atom. The van der Waals surface area contributed by atoms with Crippen molar-refractivity contribution in [3.8, 4) is 22.1 Å². The Labute approximate surface area is 169 Å². The molecule has 3 rings (SSSR count). The number of benzene rings is 2. The number of thiazole rings is 1. The summed E-state index contributed by atoms with van der Waals surface area (Å²) >= 11 is 1.55. The number of amides is 1. The zero-order valence-corrected chi connectivity index (χ0v) is 17.3. The molecule has 146 valence electrons. The summed E-state index contributed by atoms with van der Waals surface area (Å²) in [6.45, 7) is 6.13. The predicted octanol–water partition coefficient (Wildman–Crippen LogP) is 4.52. The molecule has 1 N–H and O–H groups in total. The van der Waals surface area contributed by atoms with Gasteiger partial charge in [-0.2, -0.15) is 0 Å². The van der Waals surface area contributed by atoms with Crippen molar-refractivity contribution in [2.45, 2.75) is 33.4 Å². The molecule has 28 heavy (non-hydrogen) atoms. The van der Waals surface area contributed by atoms with Gasteiger partial charge in [-0.1, -0.05) is 12.1 Å². The van der Waals surface area contributed by atoms with Crippen LogP contribution in [-0.2, 0) is 11.3 Å². The molecule has 0 aliphatic rings. The number of hydrogen-bond donors (Lipinski definition) is 1. The van der Waals surface area contributed by atoms with Crippen molar-refractivity contribution in [2.75, 3.05) is 7.11 Å². The Bertz CT molecular complexity index is 951. The predicted molar refractivity (Wildman–Crippen MR) is 112 cm³/mol. The zero-order valence-electron chi connectivity index (χ0n) is 16.5. The molecule has 1 atom stereocenters. The molecule has 0 bridgehead atoms. The fourth-order valence-electron chi connectivity index (χ4n) is 2.67. The number of hydrogen-bond acceptors (Lipinski definition) is 5. The number of nitrogens with zero attached hydrogens (tertiary/aromatic N) is 1. The van der Waals surface area contributed by atoms with Crippen LogP contribution in [-0.4, -0.2) is 24.1 Å². The van der Waals surface area contributed by atoms with Crippen LogP contribution < -0.4 is 14.8 Å². The smallest absolute Gasteiger partial charge is 0.261 e. The van der Waals surface area contributed by atoms with E-state index in [-0.39, 0.29) is 5.91 Å². The lowest BCUT2D eigenvalue weighted by Crippen LogP contribution is -2.36. The molecule has 0 fully saturated rings. The summed E-state index contributed by atoms with van der Waals surface area (Å²) in [5.74, 6) is 1.38. The first-order valence-electron chi connectivity index (χ1n) is 9.07. The van der Waals surface area contributed by atoms with Gasteiger partial charge < -0.3 is 14.8 Å². The third-order valence-corrected chi connectivity index (χ3v) is 5.50. The second-order valence-corrected chi connectivity index (χ2v) is 7.41. The molecule has 0 spiro atoms. The number of aromatic nitrogens is 1. The monoisotopic (exact) mass is 396 g/mol. The quantitative estimate of drug-likeness (QED) is 0.638. The van der Waals surface area contributed by atoms with E-state index in [1.165, 1.54) is 0 Å². The normalized spacial score (nSPS) is 11.7. The molecule has 5 nitrogen and oxygen atoms in total. The molecule has 6 heteroatoms. The molecule has 0 saturated heterocycles. The Morgan fingerprint density at radius 2 is 1.93 bits per heavy atom. The van der Waals surface area contributed by atoms with Crippen LogP contribution in [0.4, 0.5) is 0 Å². The van der Waals surface area contributed by atoms with Crippen molar-refractivity contribution in [1.82, 2.24) is 10.3 Å². The first-order valence-corrected chi connectivity index (χ1v) is 9.95. The van der Waals surface area contributed by atoms with Gasteiger partial charge in [0.1, 0.15) is 16.5 Å². The number of ether oxygens (including phenoxy) is 2. The molecule has 2 aromatic carbocycles. The van der Waals surface area contributed by atoms with Gasteiger partial charge in [-0.3, -0.25) is 4.79 Å². The van der Waals surface area contributed by atoms with Crippen molar-refractivity contribution in [1.29, 1.82) is 0 Å². The average molecular weight is 397 g/mol. The lowest BCUT2D eigenvalue weighted by Gasteiger charge is -2.16. The standard InChI is InChI=1S/C22H24N2O3S/c1-14-6-5-7-20(15(14)2)27-16(3)21(25)23-12-18-13-28-22(24-18)17-8-10-19(26-4)11-9-17/h5-11,13,16H,12H2,1-4H3,(H,23,25)/t16-/m0/s1. The largest absolute Gasteiger partial charge is 0.497 e. The van der Waals surface area contributed by atoms with Crippen LogP contribution in [0.1, 0.15) is 23.7 Å². The summed E-state index contributed by atoms with van der Waals surface area (Å²) < 4.78 is 11.0. The van der Waals surface area contributed by atoms with E-state index in [0.29, 0.717) is 6.54 Å². The number of nitrogens with one attached hydrogen (secondary N) is 1. The summed E-state index contributed by atoms with van der Waals surface area (Å²) in [4.78, 5) is 17.0. The Hall–Kier alpha value is -2.86. The number of aryl methyl sites for hydroxylation is 1. The molecule has 1 aromatic heterocycles. The SMILES string of the molecule is COc1ccc(-c2nc(CNC(=O)[C@H](C)Oc3cccc(C)c3C)cs2)cc1. The van der Waals surface area contributed by atoms with E-state index >= 15 is 0 Å². The van der Waals surface area contributed by atoms with E-state index in [2.05, 4.69) is 10.3 Å². The Morgan fingerprint density at radius 1 is 1.18 bits per heavy atom. The second-order valence-electron chi connectivity index (χ2n) is 6.55. The van der Waals surface area contributed by atoms with Crippen molar-refractivity contribution in [3.63, 3.8) is 0 Å². The van der Waals surface area contributed by atoms with Gasteiger partial charge in [0.2, 0.25) is 0 Å². The number of rotatable bonds is 7. The fraction of sp³-hybridized carbons (Fsp3) is 0.273. The van der Waals surface area contributed by atoms with E-state index < -0.39 is 6.10 Å². The maximum Gasteiger partial charge on any atom is 0.261 e. The van der Waals surface area contributed by atoms with Crippen molar-refractivity contribution < 1.29 is 14.3 Å². The highest BCUT2D eigenvalue weighted by Gasteiger charge is 2.16. The van der Waals surface area contributed by atoms with Crippen LogP contribution in [0.2, 0.25) is 0 Å². The van der Waals surface area contributed by atoms with Crippen LogP contribution in [0.15, 0.2) is 47.8 Å². The first-order chi connectivity index (χ1) is 13.5. The minimum absolute atomic E-state index is 0.167. The summed E-state index contributed by atoms with van der Waals surface area (Å²) in [5, 5.41) is 5.76. The highest BCUT2D eigenvalue weighted by molar-refractivity contribution is 7.13. The van der Waals surface area contributed by atoms with Gasteiger partial charge in [-0.25, -0.2) is 4.98 Å². The number of carbonyl (C=O) groups is 1. The maximum atomic E-state index is 12.4. The zero-order chi connectivity index (χ0) is 20.1. The van der Waals surface area contributed by atoms with E-state index in [9.17, 15) is 4.79 Å². The lowest BCUT2D eigenvalue weighted by atomic mass is 10.1. The molecule has 3 aromatic rings. The number of methoxy groups -OCH3 is 1. The summed E-state index contributed by atoms with van der Waals surface area (Å²) in [6.07, 6.45) is -0.583. The average Bonchev–Trinajstić information content (AvgIpc) is 3.18. The van der Waals surface area contributed by atoms with E-state index in [4.69, 9.17) is 9.47 Å². The van der Waals surface area contributed by atoms with Gasteiger partial charge in [-0.15, -0.1) is 11.3 Å². The van der Waals surface area contributed by atoms with Crippen LogP contribution in [0.25, 0.3) is 10.6 Å². The van der Waals surface area contributed by atoms with Gasteiger partial charge in [0.15, 0.2) is 6.10 Å². The lowest BCUT2D eigenvalue weighted by molar-refractivity contribution is -0.127. The molecule has 1 heterocycles. The van der Waals surface area contributed by atoms with Gasteiger partial charge in [0, 0.05) is 10.9 Å². The van der Waals surface area contributed by atoms with Crippen LogP contribution in [0.5, 0.6) is 11.5 Å². The van der Waals surface area contributed by atoms with E-state index in [0.717, 1.165) is 38.9 Å². The van der Waals surface area contributed by atoms with Gasteiger partial charge in [0.25, 0.3) is 5.91 Å². The summed E-state index contributed by atoms with van der Waals surface area (Å²) in [5.41, 5.74) is 4.03. The van der Waals surface area contributed by atoms with Crippen molar-refractivity contribution in [2.24, 2.45) is 0 Å². The molecule has 0 radical (unpaired) electrons. The minimum Gasteiger partial charge on any atom is -0.497 e. The fourth-order valence-corrected chi connectivity index (χ4v) is 3.50. The number of carbonyl (C=O) groups excluding carboxylic acids is 1. The third-order valence-electron chi connectivity index (χ3n) is 4.56. The topological polar surface area (TPSA) is 60.5 Å². The van der Waals surface area contributed by atoms with Crippen molar-refractivity contribution >= 4 is 17.2 Å². The molecular weight excluding hydrogens is 372 g/mol. The highest BCUT2D eigenvalue weighted by atomic mass is 32.1. The third kappa shape index (κ3) is 4.70. The van der Waals surface area contributed by atoms with Crippen LogP contribution >= 0.6 is 11.3 Å². The molecular formula is C22H24N2O3S. The molecule has 0 aliphatic heterocycles.